The first kappa shape index (κ1) is 31.6. The van der Waals surface area contributed by atoms with E-state index in [0.717, 1.165) is 42.8 Å². The molecule has 2 N–H and O–H groups in total. The molecule has 1 saturated heterocycles. The maximum atomic E-state index is 13.9. The van der Waals surface area contributed by atoms with Crippen molar-refractivity contribution in [1.82, 2.24) is 9.80 Å². The number of carbonyl (C=O) groups is 1. The Hall–Kier alpha value is -4.00. The second kappa shape index (κ2) is 11.6. The molecule has 3 aromatic rings. The van der Waals surface area contributed by atoms with Gasteiger partial charge < -0.3 is 19.8 Å². The van der Waals surface area contributed by atoms with Crippen LogP contribution < -0.4 is 4.74 Å². The number of carbonyl (C=O) groups excluding carboxylic acids is 1. The SMILES string of the molecule is CC(C)CN(C(=O)C#Cc1ccc(C(F)(F)F)cc1)[C@H]1CCC2(O)[C@H]3Cc4ccc(O)c5c4[C@@]2(CCN3CCc2ccccc2)[C@H]1O5. The number of hydrogen-bond donors (Lipinski definition) is 2. The molecule has 1 unspecified atom stereocenters. The number of piperidine rings is 1. The standard InChI is InChI=1S/C38H39F3N2O4/c1-24(2)23-43(32(45)15-10-26-8-12-28(13-9-26)38(39,40)41)29-16-18-37(46)31-22-27-11-14-30(44)34-33(27)36(37,35(29)47-34)19-21-42(31)20-17-25-6-4-3-5-7-25/h3-9,11-14,24,29,31,35,44,46H,16-23H2,1-2H3/t29-,31+,35-,36-,37?/m0/s1. The molecule has 7 rings (SSSR count). The minimum atomic E-state index is -4.46. The number of rotatable bonds is 6. The number of aromatic hydroxyl groups is 1. The molecule has 47 heavy (non-hydrogen) atoms. The highest BCUT2D eigenvalue weighted by atomic mass is 19.4. The summed E-state index contributed by atoms with van der Waals surface area (Å²) < 4.78 is 45.9. The van der Waals surface area contributed by atoms with Gasteiger partial charge in [-0.25, -0.2) is 0 Å². The molecule has 2 heterocycles. The van der Waals surface area contributed by atoms with Crippen LogP contribution in [0.4, 0.5) is 13.2 Å². The number of benzene rings is 3. The van der Waals surface area contributed by atoms with Crippen LogP contribution in [0.25, 0.3) is 0 Å². The molecule has 3 aromatic carbocycles. The highest BCUT2D eigenvalue weighted by molar-refractivity contribution is 5.94. The normalized spacial score (nSPS) is 27.4. The van der Waals surface area contributed by atoms with Gasteiger partial charge in [-0.05, 0) is 86.0 Å². The molecule has 1 saturated carbocycles. The van der Waals surface area contributed by atoms with E-state index in [4.69, 9.17) is 4.74 Å². The second-order valence-corrected chi connectivity index (χ2v) is 13.9. The molecule has 2 aliphatic heterocycles. The van der Waals surface area contributed by atoms with Crippen LogP contribution in [-0.2, 0) is 29.2 Å². The fourth-order valence-electron chi connectivity index (χ4n) is 8.81. The first-order valence-corrected chi connectivity index (χ1v) is 16.4. The van der Waals surface area contributed by atoms with Gasteiger partial charge in [-0.15, -0.1) is 0 Å². The number of halogens is 3. The van der Waals surface area contributed by atoms with Crippen molar-refractivity contribution in [2.24, 2.45) is 5.92 Å². The summed E-state index contributed by atoms with van der Waals surface area (Å²) in [6.45, 7) is 5.96. The Morgan fingerprint density at radius 1 is 1.09 bits per heavy atom. The molecule has 0 radical (unpaired) electrons. The van der Waals surface area contributed by atoms with Crippen LogP contribution >= 0.6 is 0 Å². The van der Waals surface area contributed by atoms with E-state index < -0.39 is 40.8 Å². The first-order chi connectivity index (χ1) is 22.4. The lowest BCUT2D eigenvalue weighted by atomic mass is 9.48. The van der Waals surface area contributed by atoms with Crippen molar-refractivity contribution in [2.45, 2.75) is 81.3 Å². The molecule has 5 atom stereocenters. The van der Waals surface area contributed by atoms with Gasteiger partial charge in [-0.2, -0.15) is 13.2 Å². The molecular formula is C38H39F3N2O4. The Labute approximate surface area is 273 Å². The van der Waals surface area contributed by atoms with Crippen molar-refractivity contribution in [2.75, 3.05) is 19.6 Å². The monoisotopic (exact) mass is 644 g/mol. The maximum absolute atomic E-state index is 13.9. The summed E-state index contributed by atoms with van der Waals surface area (Å²) in [7, 11) is 0. The average molecular weight is 645 g/mol. The van der Waals surface area contributed by atoms with Gasteiger partial charge in [0.2, 0.25) is 0 Å². The van der Waals surface area contributed by atoms with E-state index in [1.165, 1.54) is 17.7 Å². The van der Waals surface area contributed by atoms with E-state index in [-0.39, 0.29) is 17.7 Å². The van der Waals surface area contributed by atoms with Gasteiger partial charge in [0.25, 0.3) is 5.91 Å². The van der Waals surface area contributed by atoms with Crippen molar-refractivity contribution >= 4 is 5.91 Å². The Kier molecular flexibility index (Phi) is 7.80. The van der Waals surface area contributed by atoms with E-state index in [1.54, 1.807) is 11.0 Å². The molecule has 1 amide bonds. The second-order valence-electron chi connectivity index (χ2n) is 13.9. The van der Waals surface area contributed by atoms with Gasteiger partial charge >= 0.3 is 6.18 Å². The van der Waals surface area contributed by atoms with Gasteiger partial charge in [0.1, 0.15) is 6.10 Å². The smallest absolute Gasteiger partial charge is 0.416 e. The minimum Gasteiger partial charge on any atom is -0.504 e. The predicted molar refractivity (Wildman–Crippen MR) is 171 cm³/mol. The van der Waals surface area contributed by atoms with Gasteiger partial charge in [0.15, 0.2) is 11.5 Å². The highest BCUT2D eigenvalue weighted by Crippen LogP contribution is 2.65. The molecule has 1 spiro atoms. The number of hydrogen-bond acceptors (Lipinski definition) is 5. The topological polar surface area (TPSA) is 73.2 Å². The molecule has 2 bridgehead atoms. The molecule has 2 fully saturated rings. The fourth-order valence-corrected chi connectivity index (χ4v) is 8.81. The summed E-state index contributed by atoms with van der Waals surface area (Å²) in [6, 6.07) is 17.8. The quantitative estimate of drug-likeness (QED) is 0.337. The third-order valence-corrected chi connectivity index (χ3v) is 10.8. The predicted octanol–water partition coefficient (Wildman–Crippen LogP) is 5.71. The largest absolute Gasteiger partial charge is 0.504 e. The molecule has 4 aliphatic rings. The number of ether oxygens (including phenoxy) is 1. The van der Waals surface area contributed by atoms with Gasteiger partial charge in [-0.1, -0.05) is 56.2 Å². The lowest BCUT2D eigenvalue weighted by Gasteiger charge is -2.64. The minimum absolute atomic E-state index is 0.0300. The number of phenols is 1. The summed E-state index contributed by atoms with van der Waals surface area (Å²) in [5, 5.41) is 23.9. The zero-order valence-corrected chi connectivity index (χ0v) is 26.6. The van der Waals surface area contributed by atoms with E-state index in [9.17, 15) is 28.2 Å². The molecule has 246 valence electrons. The number of amides is 1. The van der Waals surface area contributed by atoms with E-state index >= 15 is 0 Å². The molecular weight excluding hydrogens is 605 g/mol. The van der Waals surface area contributed by atoms with Crippen molar-refractivity contribution in [1.29, 1.82) is 0 Å². The average Bonchev–Trinajstić information content (AvgIpc) is 3.40. The zero-order valence-electron chi connectivity index (χ0n) is 26.6. The van der Waals surface area contributed by atoms with Gasteiger partial charge in [0, 0.05) is 36.2 Å². The number of nitrogens with zero attached hydrogens (tertiary/aromatic N) is 2. The Morgan fingerprint density at radius 2 is 1.83 bits per heavy atom. The number of phenolic OH excluding ortho intramolecular Hbond substituents is 1. The zero-order chi connectivity index (χ0) is 33.1. The van der Waals surface area contributed by atoms with Gasteiger partial charge in [0.05, 0.1) is 22.6 Å². The van der Waals surface area contributed by atoms with Crippen LogP contribution in [0.5, 0.6) is 11.5 Å². The van der Waals surface area contributed by atoms with Crippen LogP contribution in [0.2, 0.25) is 0 Å². The van der Waals surface area contributed by atoms with Crippen LogP contribution in [0.15, 0.2) is 66.7 Å². The third-order valence-electron chi connectivity index (χ3n) is 10.8. The van der Waals surface area contributed by atoms with E-state index in [2.05, 4.69) is 28.9 Å². The van der Waals surface area contributed by atoms with Crippen molar-refractivity contribution < 1.29 is 32.9 Å². The molecule has 9 heteroatoms. The highest BCUT2D eigenvalue weighted by Gasteiger charge is 2.73. The lowest BCUT2D eigenvalue weighted by molar-refractivity contribution is -0.200. The summed E-state index contributed by atoms with van der Waals surface area (Å²) in [6.07, 6.45) is -2.00. The Balaban J connectivity index is 1.22. The van der Waals surface area contributed by atoms with Crippen molar-refractivity contribution in [3.63, 3.8) is 0 Å². The number of aliphatic hydroxyl groups is 1. The summed E-state index contributed by atoms with van der Waals surface area (Å²) >= 11 is 0. The molecule has 6 nitrogen and oxygen atoms in total. The third kappa shape index (κ3) is 5.17. The lowest BCUT2D eigenvalue weighted by Crippen LogP contribution is -2.78. The van der Waals surface area contributed by atoms with Crippen LogP contribution in [0.1, 0.15) is 60.9 Å². The van der Waals surface area contributed by atoms with Crippen LogP contribution in [0.3, 0.4) is 0 Å². The number of likely N-dealkylation sites (tertiary alicyclic amines) is 1. The Bertz CT molecular complexity index is 1730. The van der Waals surface area contributed by atoms with Gasteiger partial charge in [-0.3, -0.25) is 9.69 Å². The van der Waals surface area contributed by atoms with E-state index in [1.807, 2.05) is 38.1 Å². The molecule has 2 aliphatic carbocycles. The summed E-state index contributed by atoms with van der Waals surface area (Å²) in [4.78, 5) is 18.0. The maximum Gasteiger partial charge on any atom is 0.416 e. The van der Waals surface area contributed by atoms with Crippen LogP contribution in [0, 0.1) is 17.8 Å². The number of alkyl halides is 3. The van der Waals surface area contributed by atoms with Crippen molar-refractivity contribution in [3.8, 4) is 23.3 Å². The summed E-state index contributed by atoms with van der Waals surface area (Å²) in [5.74, 6) is 5.55. The first-order valence-electron chi connectivity index (χ1n) is 16.4. The Morgan fingerprint density at radius 3 is 2.53 bits per heavy atom. The molecule has 0 aromatic heterocycles. The van der Waals surface area contributed by atoms with E-state index in [0.29, 0.717) is 43.5 Å². The van der Waals surface area contributed by atoms with Crippen molar-refractivity contribution in [3.05, 3.63) is 94.5 Å². The van der Waals surface area contributed by atoms with Crippen LogP contribution in [-0.4, -0.2) is 69.3 Å². The fraction of sp³-hybridized carbons (Fsp3) is 0.447. The summed E-state index contributed by atoms with van der Waals surface area (Å²) in [5.41, 5.74) is 0.765.